The van der Waals surface area contributed by atoms with E-state index in [1.807, 2.05) is 30.3 Å². The molecule has 8 rings (SSSR count). The molecule has 0 amide bonds. The Labute approximate surface area is 237 Å². The van der Waals surface area contributed by atoms with Gasteiger partial charge in [-0.2, -0.15) is 4.98 Å². The van der Waals surface area contributed by atoms with Gasteiger partial charge in [0, 0.05) is 55.8 Å². The van der Waals surface area contributed by atoms with Gasteiger partial charge >= 0.3 is 0 Å². The van der Waals surface area contributed by atoms with E-state index in [4.69, 9.17) is 14.5 Å². The van der Waals surface area contributed by atoms with Gasteiger partial charge in [-0.15, -0.1) is 0 Å². The standard InChI is InChI=1S/C33H33F3N3O2/c34-25-19-26-30(24-6-7-27(35)28(36)18-24)32(23-8-16-40-17-9-23)37-33(39-13-10-38(11-14-39)12-15-39)31(26)29(20-25)41-21-22-4-2-1-3-5-22/h1-7,18-20,23H,8-17,21H2/q+1. The number of halogens is 3. The third-order valence-electron chi connectivity index (χ3n) is 9.08. The van der Waals surface area contributed by atoms with E-state index in [-0.39, 0.29) is 12.5 Å². The van der Waals surface area contributed by atoms with Crippen molar-refractivity contribution in [2.24, 2.45) is 0 Å². The van der Waals surface area contributed by atoms with E-state index in [1.165, 1.54) is 18.2 Å². The quantitative estimate of drug-likeness (QED) is 0.255. The molecule has 2 bridgehead atoms. The van der Waals surface area contributed by atoms with Crippen LogP contribution in [0.25, 0.3) is 21.9 Å². The topological polar surface area (TPSA) is 34.6 Å². The van der Waals surface area contributed by atoms with Gasteiger partial charge in [-0.05, 0) is 42.2 Å². The summed E-state index contributed by atoms with van der Waals surface area (Å²) in [6, 6.07) is 16.7. The molecule has 0 spiro atoms. The predicted octanol–water partition coefficient (Wildman–Crippen LogP) is 6.43. The first kappa shape index (κ1) is 26.4. The molecule has 0 radical (unpaired) electrons. The minimum absolute atomic E-state index is 0.0521. The summed E-state index contributed by atoms with van der Waals surface area (Å²) in [7, 11) is 0. The number of piperazine rings is 3. The molecule has 1 aromatic heterocycles. The van der Waals surface area contributed by atoms with E-state index in [2.05, 4.69) is 4.90 Å². The number of hydrogen-bond acceptors (Lipinski definition) is 4. The number of pyridine rings is 1. The zero-order valence-corrected chi connectivity index (χ0v) is 22.9. The maximum Gasteiger partial charge on any atom is 0.239 e. The highest BCUT2D eigenvalue weighted by Gasteiger charge is 2.44. The number of benzene rings is 3. The lowest BCUT2D eigenvalue weighted by Crippen LogP contribution is -2.68. The van der Waals surface area contributed by atoms with Crippen LogP contribution in [0, 0.1) is 17.5 Å². The molecule has 3 aromatic carbocycles. The van der Waals surface area contributed by atoms with Gasteiger partial charge in [-0.3, -0.25) is 9.38 Å². The van der Waals surface area contributed by atoms with Gasteiger partial charge in [0.05, 0.1) is 25.3 Å². The number of nitrogens with zero attached hydrogens (tertiary/aromatic N) is 3. The van der Waals surface area contributed by atoms with Crippen LogP contribution in [0.15, 0.2) is 60.7 Å². The summed E-state index contributed by atoms with van der Waals surface area (Å²) in [5.41, 5.74) is 2.91. The first-order chi connectivity index (χ1) is 20.0. The van der Waals surface area contributed by atoms with Gasteiger partial charge in [0.2, 0.25) is 5.82 Å². The minimum Gasteiger partial charge on any atom is -0.488 e. The highest BCUT2D eigenvalue weighted by atomic mass is 19.2. The summed E-state index contributed by atoms with van der Waals surface area (Å²) in [5, 5.41) is 1.39. The van der Waals surface area contributed by atoms with E-state index >= 15 is 4.39 Å². The summed E-state index contributed by atoms with van der Waals surface area (Å²) in [4.78, 5) is 7.95. The highest BCUT2D eigenvalue weighted by molar-refractivity contribution is 6.06. The van der Waals surface area contributed by atoms with Crippen LogP contribution in [0.1, 0.15) is 30.0 Å². The Morgan fingerprint density at radius 2 is 1.61 bits per heavy atom. The zero-order valence-electron chi connectivity index (χ0n) is 22.9. The Bertz CT molecular complexity index is 1570. The molecule has 0 unspecified atom stereocenters. The second-order valence-electron chi connectivity index (χ2n) is 11.5. The first-order valence-electron chi connectivity index (χ1n) is 14.5. The van der Waals surface area contributed by atoms with Crippen LogP contribution >= 0.6 is 0 Å². The molecular weight excluding hydrogens is 527 g/mol. The molecular formula is C33H33F3N3O2+. The van der Waals surface area contributed by atoms with E-state index in [9.17, 15) is 8.78 Å². The minimum atomic E-state index is -0.941. The Kier molecular flexibility index (Phi) is 6.93. The predicted molar refractivity (Wildman–Crippen MR) is 153 cm³/mol. The van der Waals surface area contributed by atoms with Gasteiger partial charge in [0.25, 0.3) is 0 Å². The molecule has 4 fully saturated rings. The van der Waals surface area contributed by atoms with Crippen LogP contribution in [-0.2, 0) is 11.3 Å². The van der Waals surface area contributed by atoms with Crippen molar-refractivity contribution in [1.29, 1.82) is 0 Å². The maximum atomic E-state index is 15.5. The third kappa shape index (κ3) is 4.88. The van der Waals surface area contributed by atoms with Crippen LogP contribution in [0.5, 0.6) is 5.75 Å². The van der Waals surface area contributed by atoms with Crippen molar-refractivity contribution in [1.82, 2.24) is 14.4 Å². The Hall–Kier alpha value is -3.46. The number of hydrogen-bond donors (Lipinski definition) is 0. The second kappa shape index (κ2) is 10.7. The SMILES string of the molecule is Fc1cc(OCc2ccccc2)c2c([N+]34CCN(CC3)CC4)nc(C3CCOCC3)c(-c3ccc(F)c(F)c3)c2c1. The lowest BCUT2D eigenvalue weighted by Gasteiger charge is -2.49. The van der Waals surface area contributed by atoms with Crippen molar-refractivity contribution in [2.45, 2.75) is 25.4 Å². The van der Waals surface area contributed by atoms with Crippen molar-refractivity contribution >= 4 is 16.6 Å². The molecule has 212 valence electrons. The van der Waals surface area contributed by atoms with E-state index in [0.717, 1.165) is 80.6 Å². The fourth-order valence-corrected chi connectivity index (χ4v) is 6.77. The molecule has 4 aromatic rings. The highest BCUT2D eigenvalue weighted by Crippen LogP contribution is 2.47. The van der Waals surface area contributed by atoms with Gasteiger partial charge < -0.3 is 9.47 Å². The van der Waals surface area contributed by atoms with Gasteiger partial charge in [-0.1, -0.05) is 36.4 Å². The molecule has 41 heavy (non-hydrogen) atoms. The molecule has 5 nitrogen and oxygen atoms in total. The van der Waals surface area contributed by atoms with Gasteiger partial charge in [0.1, 0.15) is 23.6 Å². The molecule has 4 aliphatic rings. The molecule has 0 saturated carbocycles. The van der Waals surface area contributed by atoms with Crippen LogP contribution in [0.2, 0.25) is 0 Å². The molecule has 8 heteroatoms. The largest absolute Gasteiger partial charge is 0.488 e. The van der Waals surface area contributed by atoms with Crippen molar-refractivity contribution in [3.8, 4) is 16.9 Å². The van der Waals surface area contributed by atoms with Gasteiger partial charge in [-0.25, -0.2) is 13.2 Å². The number of quaternary nitrogens is 1. The molecule has 5 heterocycles. The molecule has 0 aliphatic carbocycles. The average molecular weight is 561 g/mol. The van der Waals surface area contributed by atoms with Crippen LogP contribution in [0.4, 0.5) is 19.0 Å². The smallest absolute Gasteiger partial charge is 0.239 e. The fourth-order valence-electron chi connectivity index (χ4n) is 6.77. The number of ether oxygens (including phenoxy) is 2. The van der Waals surface area contributed by atoms with Crippen molar-refractivity contribution < 1.29 is 22.6 Å². The zero-order chi connectivity index (χ0) is 28.0. The van der Waals surface area contributed by atoms with Gasteiger partial charge in [0.15, 0.2) is 11.6 Å². The Morgan fingerprint density at radius 3 is 2.32 bits per heavy atom. The summed E-state index contributed by atoms with van der Waals surface area (Å²) < 4.78 is 57.0. The molecule has 0 N–H and O–H groups in total. The normalized spacial score (nSPS) is 22.8. The van der Waals surface area contributed by atoms with E-state index in [0.29, 0.717) is 40.0 Å². The summed E-state index contributed by atoms with van der Waals surface area (Å²) >= 11 is 0. The monoisotopic (exact) mass is 560 g/mol. The van der Waals surface area contributed by atoms with E-state index < -0.39 is 17.5 Å². The number of rotatable bonds is 6. The fraction of sp³-hybridized carbons (Fsp3) is 0.364. The summed E-state index contributed by atoms with van der Waals surface area (Å²) in [5.74, 6) is -0.926. The molecule has 4 saturated heterocycles. The summed E-state index contributed by atoms with van der Waals surface area (Å²) in [6.07, 6.45) is 1.52. The molecule has 4 aliphatic heterocycles. The average Bonchev–Trinajstić information content (AvgIpc) is 3.02. The lowest BCUT2D eigenvalue weighted by molar-refractivity contribution is 0.0658. The Morgan fingerprint density at radius 1 is 0.878 bits per heavy atom. The summed E-state index contributed by atoms with van der Waals surface area (Å²) in [6.45, 7) is 7.13. The van der Waals surface area contributed by atoms with Crippen LogP contribution < -0.4 is 9.22 Å². The number of fused-ring (bicyclic) bond motifs is 4. The molecule has 0 atom stereocenters. The Balaban J connectivity index is 1.51. The van der Waals surface area contributed by atoms with Crippen molar-refractivity contribution in [2.75, 3.05) is 52.5 Å². The van der Waals surface area contributed by atoms with Crippen molar-refractivity contribution in [3.63, 3.8) is 0 Å². The number of aromatic nitrogens is 1. The third-order valence-corrected chi connectivity index (χ3v) is 9.08. The van der Waals surface area contributed by atoms with Crippen LogP contribution in [0.3, 0.4) is 0 Å². The lowest BCUT2D eigenvalue weighted by atomic mass is 9.86. The first-order valence-corrected chi connectivity index (χ1v) is 14.5. The second-order valence-corrected chi connectivity index (χ2v) is 11.5. The van der Waals surface area contributed by atoms with Crippen molar-refractivity contribution in [3.05, 3.63) is 89.4 Å². The van der Waals surface area contributed by atoms with Crippen LogP contribution in [-0.4, -0.2) is 62.4 Å². The maximum absolute atomic E-state index is 15.5. The van der Waals surface area contributed by atoms with E-state index in [1.54, 1.807) is 6.07 Å².